The molecular formula is C13H20N4OS. The molecule has 2 N–H and O–H groups in total. The number of hydrogen-bond acceptors (Lipinski definition) is 3. The number of amides is 1. The van der Waals surface area contributed by atoms with Crippen molar-refractivity contribution in [3.8, 4) is 0 Å². The molecule has 0 saturated carbocycles. The van der Waals surface area contributed by atoms with E-state index < -0.39 is 0 Å². The number of carbonyl (C=O) groups excluding carboxylic acids is 1. The van der Waals surface area contributed by atoms with E-state index in [1.165, 1.54) is 5.01 Å². The standard InChI is InChI=1S/C13H20N4OS/c1-9(2)8-14-13(19)17(4)16-12(18)11-7-5-6-10(3)15-11/h5-7,9H,8H2,1-4H3,(H,14,19)(H,16,18). The zero-order valence-electron chi connectivity index (χ0n) is 11.7. The second-order valence-electron chi connectivity index (χ2n) is 4.74. The number of carbonyl (C=O) groups is 1. The number of aromatic nitrogens is 1. The van der Waals surface area contributed by atoms with Crippen molar-refractivity contribution in [1.29, 1.82) is 0 Å². The summed E-state index contributed by atoms with van der Waals surface area (Å²) in [7, 11) is 1.70. The lowest BCUT2D eigenvalue weighted by atomic mass is 10.2. The predicted octanol–water partition coefficient (Wildman–Crippen LogP) is 1.50. The van der Waals surface area contributed by atoms with E-state index in [0.29, 0.717) is 16.7 Å². The normalized spacial score (nSPS) is 10.2. The molecule has 1 heterocycles. The van der Waals surface area contributed by atoms with Crippen LogP contribution in [0, 0.1) is 12.8 Å². The van der Waals surface area contributed by atoms with Crippen LogP contribution in [0.3, 0.4) is 0 Å². The van der Waals surface area contributed by atoms with Gasteiger partial charge >= 0.3 is 0 Å². The Bertz CT molecular complexity index is 462. The maximum absolute atomic E-state index is 11.9. The van der Waals surface area contributed by atoms with Crippen molar-refractivity contribution in [1.82, 2.24) is 20.7 Å². The van der Waals surface area contributed by atoms with Crippen molar-refractivity contribution in [2.45, 2.75) is 20.8 Å². The largest absolute Gasteiger partial charge is 0.361 e. The molecule has 0 spiro atoms. The van der Waals surface area contributed by atoms with Gasteiger partial charge in [0.1, 0.15) is 5.69 Å². The molecule has 0 aliphatic carbocycles. The molecule has 5 nitrogen and oxygen atoms in total. The molecule has 0 fully saturated rings. The molecular weight excluding hydrogens is 260 g/mol. The zero-order valence-corrected chi connectivity index (χ0v) is 12.5. The third-order valence-corrected chi connectivity index (χ3v) is 2.77. The van der Waals surface area contributed by atoms with Crippen molar-refractivity contribution in [3.63, 3.8) is 0 Å². The van der Waals surface area contributed by atoms with E-state index in [4.69, 9.17) is 12.2 Å². The van der Waals surface area contributed by atoms with Crippen molar-refractivity contribution in [2.24, 2.45) is 5.92 Å². The second-order valence-corrected chi connectivity index (χ2v) is 5.13. The van der Waals surface area contributed by atoms with Gasteiger partial charge in [0.05, 0.1) is 0 Å². The molecule has 1 aromatic rings. The van der Waals surface area contributed by atoms with Gasteiger partial charge in [0.25, 0.3) is 5.91 Å². The average Bonchev–Trinajstić information content (AvgIpc) is 2.35. The summed E-state index contributed by atoms with van der Waals surface area (Å²) in [5.41, 5.74) is 3.85. The molecule has 19 heavy (non-hydrogen) atoms. The highest BCUT2D eigenvalue weighted by molar-refractivity contribution is 7.80. The minimum absolute atomic E-state index is 0.278. The topological polar surface area (TPSA) is 57.3 Å². The summed E-state index contributed by atoms with van der Waals surface area (Å²) in [5, 5.41) is 5.04. The van der Waals surface area contributed by atoms with Crippen LogP contribution in [0.5, 0.6) is 0 Å². The SMILES string of the molecule is Cc1cccc(C(=O)NN(C)C(=S)NCC(C)C)n1. The Hall–Kier alpha value is -1.69. The molecule has 0 aliphatic heterocycles. The van der Waals surface area contributed by atoms with Crippen molar-refractivity contribution < 1.29 is 4.79 Å². The molecule has 0 saturated heterocycles. The fourth-order valence-electron chi connectivity index (χ4n) is 1.34. The maximum Gasteiger partial charge on any atom is 0.288 e. The van der Waals surface area contributed by atoms with Crippen molar-refractivity contribution in [2.75, 3.05) is 13.6 Å². The van der Waals surface area contributed by atoms with Crippen LogP contribution in [-0.2, 0) is 0 Å². The summed E-state index contributed by atoms with van der Waals surface area (Å²) in [4.78, 5) is 16.1. The first-order chi connectivity index (χ1) is 8.90. The highest BCUT2D eigenvalue weighted by Gasteiger charge is 2.11. The van der Waals surface area contributed by atoms with E-state index in [-0.39, 0.29) is 5.91 Å². The summed E-state index contributed by atoms with van der Waals surface area (Å²) < 4.78 is 0. The first-order valence-corrected chi connectivity index (χ1v) is 6.57. The lowest BCUT2D eigenvalue weighted by Gasteiger charge is -2.22. The van der Waals surface area contributed by atoms with E-state index >= 15 is 0 Å². The van der Waals surface area contributed by atoms with E-state index in [0.717, 1.165) is 12.2 Å². The number of thiocarbonyl (C=S) groups is 1. The van der Waals surface area contributed by atoms with E-state index in [1.807, 2.05) is 13.0 Å². The molecule has 0 aromatic carbocycles. The van der Waals surface area contributed by atoms with Crippen LogP contribution in [0.4, 0.5) is 0 Å². The van der Waals surface area contributed by atoms with Gasteiger partial charge in [0, 0.05) is 19.3 Å². The van der Waals surface area contributed by atoms with Gasteiger partial charge in [-0.1, -0.05) is 19.9 Å². The summed E-state index contributed by atoms with van der Waals surface area (Å²) in [6, 6.07) is 5.31. The molecule has 104 valence electrons. The number of hydrazine groups is 1. The summed E-state index contributed by atoms with van der Waals surface area (Å²) in [6.45, 7) is 6.78. The van der Waals surface area contributed by atoms with Gasteiger partial charge in [-0.3, -0.25) is 15.2 Å². The van der Waals surface area contributed by atoms with E-state index in [2.05, 4.69) is 29.6 Å². The third kappa shape index (κ3) is 5.21. The van der Waals surface area contributed by atoms with Crippen LogP contribution in [0.1, 0.15) is 30.0 Å². The number of aryl methyl sites for hydroxylation is 1. The van der Waals surface area contributed by atoms with Crippen LogP contribution < -0.4 is 10.7 Å². The minimum Gasteiger partial charge on any atom is -0.361 e. The third-order valence-electron chi connectivity index (χ3n) is 2.36. The van der Waals surface area contributed by atoms with Crippen LogP contribution in [0.2, 0.25) is 0 Å². The first kappa shape index (κ1) is 15.4. The fourth-order valence-corrected chi connectivity index (χ4v) is 1.47. The van der Waals surface area contributed by atoms with Crippen molar-refractivity contribution in [3.05, 3.63) is 29.6 Å². The van der Waals surface area contributed by atoms with E-state index in [9.17, 15) is 4.79 Å². The number of nitrogens with one attached hydrogen (secondary N) is 2. The minimum atomic E-state index is -0.278. The maximum atomic E-state index is 11.9. The van der Waals surface area contributed by atoms with Crippen molar-refractivity contribution >= 4 is 23.2 Å². The van der Waals surface area contributed by atoms with Gasteiger partial charge in [-0.05, 0) is 37.2 Å². The van der Waals surface area contributed by atoms with Crippen LogP contribution in [0.25, 0.3) is 0 Å². The average molecular weight is 280 g/mol. The molecule has 0 bridgehead atoms. The highest BCUT2D eigenvalue weighted by atomic mass is 32.1. The molecule has 0 radical (unpaired) electrons. The smallest absolute Gasteiger partial charge is 0.288 e. The summed E-state index contributed by atoms with van der Waals surface area (Å²) in [5.74, 6) is 0.209. The lowest BCUT2D eigenvalue weighted by Crippen LogP contribution is -2.48. The van der Waals surface area contributed by atoms with Gasteiger partial charge in [-0.25, -0.2) is 4.98 Å². The Morgan fingerprint density at radius 3 is 2.74 bits per heavy atom. The Labute approximate surface area is 119 Å². The molecule has 1 rings (SSSR count). The van der Waals surface area contributed by atoms with Gasteiger partial charge in [0.15, 0.2) is 5.11 Å². The molecule has 1 amide bonds. The van der Waals surface area contributed by atoms with Crippen LogP contribution >= 0.6 is 12.2 Å². The Morgan fingerprint density at radius 1 is 1.47 bits per heavy atom. The Balaban J connectivity index is 2.54. The number of nitrogens with zero attached hydrogens (tertiary/aromatic N) is 2. The molecule has 0 atom stereocenters. The fraction of sp³-hybridized carbons (Fsp3) is 0.462. The number of hydrogen-bond donors (Lipinski definition) is 2. The summed E-state index contributed by atoms with van der Waals surface area (Å²) in [6.07, 6.45) is 0. The quantitative estimate of drug-likeness (QED) is 0.649. The van der Waals surface area contributed by atoms with Gasteiger partial charge in [0.2, 0.25) is 0 Å². The van der Waals surface area contributed by atoms with Gasteiger partial charge in [-0.2, -0.15) is 0 Å². The van der Waals surface area contributed by atoms with Gasteiger partial charge in [-0.15, -0.1) is 0 Å². The van der Waals surface area contributed by atoms with Gasteiger partial charge < -0.3 is 5.32 Å². The number of pyridine rings is 1. The van der Waals surface area contributed by atoms with Crippen LogP contribution in [-0.4, -0.2) is 34.6 Å². The monoisotopic (exact) mass is 280 g/mol. The Morgan fingerprint density at radius 2 is 2.16 bits per heavy atom. The first-order valence-electron chi connectivity index (χ1n) is 6.16. The molecule has 6 heteroatoms. The van der Waals surface area contributed by atoms with E-state index in [1.54, 1.807) is 19.2 Å². The second kappa shape index (κ2) is 7.04. The summed E-state index contributed by atoms with van der Waals surface area (Å²) >= 11 is 5.17. The predicted molar refractivity (Wildman–Crippen MR) is 79.6 cm³/mol. The Kier molecular flexibility index (Phi) is 5.69. The lowest BCUT2D eigenvalue weighted by molar-refractivity contribution is 0.0881. The molecule has 1 aromatic heterocycles. The zero-order chi connectivity index (χ0) is 14.4. The van der Waals surface area contributed by atoms with Crippen LogP contribution in [0.15, 0.2) is 18.2 Å². The number of rotatable bonds is 3. The highest BCUT2D eigenvalue weighted by Crippen LogP contribution is 1.98. The molecule has 0 unspecified atom stereocenters. The molecule has 0 aliphatic rings.